The van der Waals surface area contributed by atoms with Gasteiger partial charge in [-0.1, -0.05) is 29.8 Å². The van der Waals surface area contributed by atoms with Crippen molar-refractivity contribution in [3.8, 4) is 5.75 Å². The minimum absolute atomic E-state index is 0.0212. The topological polar surface area (TPSA) is 109 Å². The zero-order valence-electron chi connectivity index (χ0n) is 17.1. The molecule has 1 aliphatic heterocycles. The number of aliphatic hydroxyl groups is 1. The van der Waals surface area contributed by atoms with Gasteiger partial charge in [0.2, 0.25) is 5.91 Å². The lowest BCUT2D eigenvalue weighted by Gasteiger charge is -2.34. The SMILES string of the molecule is O=C(Cc1ccc(F)cc1)Nc1ccc2c(n1)N(S(=O)(=O)c1cccc(Cl)c1)C[C@H](CO)O2. The number of fused-ring (bicyclic) bond motifs is 1. The lowest BCUT2D eigenvalue weighted by atomic mass is 10.1. The number of hydrogen-bond donors (Lipinski definition) is 2. The maximum Gasteiger partial charge on any atom is 0.265 e. The van der Waals surface area contributed by atoms with Gasteiger partial charge in [-0.3, -0.25) is 4.79 Å². The number of carbonyl (C=O) groups excluding carboxylic acids is 1. The maximum atomic E-state index is 13.3. The molecule has 0 unspecified atom stereocenters. The van der Waals surface area contributed by atoms with Gasteiger partial charge in [-0.05, 0) is 48.0 Å². The van der Waals surface area contributed by atoms with Crippen LogP contribution in [0, 0.1) is 5.82 Å². The van der Waals surface area contributed by atoms with E-state index in [4.69, 9.17) is 16.3 Å². The second-order valence-electron chi connectivity index (χ2n) is 7.29. The first-order valence-corrected chi connectivity index (χ1v) is 11.7. The molecule has 2 heterocycles. The van der Waals surface area contributed by atoms with E-state index in [1.807, 2.05) is 0 Å². The predicted molar refractivity (Wildman–Crippen MR) is 120 cm³/mol. The molecule has 1 atom stereocenters. The van der Waals surface area contributed by atoms with E-state index in [2.05, 4.69) is 10.3 Å². The standard InChI is InChI=1S/C22H19ClFN3O5S/c23-15-2-1-3-18(11-15)33(30,31)27-12-17(13-28)32-19-8-9-20(26-22(19)27)25-21(29)10-14-4-6-16(24)7-5-14/h1-9,11,17,28H,10,12-13H2,(H,25,26,29)/t17-/m1/s1. The fraction of sp³-hybridized carbons (Fsp3) is 0.182. The fourth-order valence-corrected chi connectivity index (χ4v) is 5.06. The number of nitrogens with zero attached hydrogens (tertiary/aromatic N) is 2. The van der Waals surface area contributed by atoms with Gasteiger partial charge in [0.15, 0.2) is 11.6 Å². The zero-order chi connectivity index (χ0) is 23.6. The summed E-state index contributed by atoms with van der Waals surface area (Å²) in [7, 11) is -4.09. The third kappa shape index (κ3) is 5.08. The van der Waals surface area contributed by atoms with E-state index in [1.54, 1.807) is 6.07 Å². The summed E-state index contributed by atoms with van der Waals surface area (Å²) >= 11 is 5.97. The Balaban J connectivity index is 1.63. The van der Waals surface area contributed by atoms with E-state index in [-0.39, 0.29) is 40.3 Å². The molecule has 4 rings (SSSR count). The van der Waals surface area contributed by atoms with Gasteiger partial charge in [0, 0.05) is 5.02 Å². The number of nitrogens with one attached hydrogen (secondary N) is 1. The van der Waals surface area contributed by atoms with Gasteiger partial charge in [-0.2, -0.15) is 0 Å². The van der Waals surface area contributed by atoms with E-state index < -0.39 is 34.5 Å². The van der Waals surface area contributed by atoms with Crippen molar-refractivity contribution < 1.29 is 27.4 Å². The van der Waals surface area contributed by atoms with Gasteiger partial charge in [0.25, 0.3) is 10.0 Å². The monoisotopic (exact) mass is 491 g/mol. The highest BCUT2D eigenvalue weighted by Crippen LogP contribution is 2.36. The summed E-state index contributed by atoms with van der Waals surface area (Å²) in [5.41, 5.74) is 0.603. The Labute approximate surface area is 194 Å². The largest absolute Gasteiger partial charge is 0.482 e. The number of anilines is 2. The molecule has 0 bridgehead atoms. The highest BCUT2D eigenvalue weighted by atomic mass is 35.5. The van der Waals surface area contributed by atoms with Crippen LogP contribution in [0.5, 0.6) is 5.75 Å². The van der Waals surface area contributed by atoms with Gasteiger partial charge in [-0.15, -0.1) is 0 Å². The molecular formula is C22H19ClFN3O5S. The van der Waals surface area contributed by atoms with Crippen LogP contribution in [0.15, 0.2) is 65.6 Å². The molecule has 11 heteroatoms. The molecule has 8 nitrogen and oxygen atoms in total. The normalized spacial score (nSPS) is 15.5. The van der Waals surface area contributed by atoms with Crippen LogP contribution in [0.4, 0.5) is 16.0 Å². The van der Waals surface area contributed by atoms with Crippen molar-refractivity contribution in [2.24, 2.45) is 0 Å². The van der Waals surface area contributed by atoms with E-state index in [0.29, 0.717) is 5.56 Å². The molecule has 3 aromatic rings. The first kappa shape index (κ1) is 23.0. The van der Waals surface area contributed by atoms with Gasteiger partial charge >= 0.3 is 0 Å². The highest BCUT2D eigenvalue weighted by molar-refractivity contribution is 7.92. The number of rotatable bonds is 6. The Kier molecular flexibility index (Phi) is 6.50. The number of ether oxygens (including phenoxy) is 1. The molecule has 0 fully saturated rings. The molecule has 1 aromatic heterocycles. The van der Waals surface area contributed by atoms with Crippen molar-refractivity contribution in [2.45, 2.75) is 17.4 Å². The van der Waals surface area contributed by atoms with E-state index in [0.717, 1.165) is 4.31 Å². The fourth-order valence-electron chi connectivity index (χ4n) is 3.30. The van der Waals surface area contributed by atoms with Crippen molar-refractivity contribution in [1.82, 2.24) is 4.98 Å². The van der Waals surface area contributed by atoms with Gasteiger partial charge < -0.3 is 15.2 Å². The van der Waals surface area contributed by atoms with Crippen LogP contribution in [0.2, 0.25) is 5.02 Å². The Morgan fingerprint density at radius 3 is 2.67 bits per heavy atom. The number of halogens is 2. The third-order valence-electron chi connectivity index (χ3n) is 4.87. The summed E-state index contributed by atoms with van der Waals surface area (Å²) in [5, 5.41) is 12.4. The van der Waals surface area contributed by atoms with Gasteiger partial charge in [-0.25, -0.2) is 22.1 Å². The number of sulfonamides is 1. The smallest absolute Gasteiger partial charge is 0.265 e. The van der Waals surface area contributed by atoms with E-state index in [9.17, 15) is 22.7 Å². The molecule has 33 heavy (non-hydrogen) atoms. The second-order valence-corrected chi connectivity index (χ2v) is 9.58. The highest BCUT2D eigenvalue weighted by Gasteiger charge is 2.36. The van der Waals surface area contributed by atoms with Crippen LogP contribution < -0.4 is 14.4 Å². The molecule has 0 aliphatic carbocycles. The molecule has 2 N–H and O–H groups in total. The van der Waals surface area contributed by atoms with Crippen LogP contribution in [-0.2, 0) is 21.2 Å². The maximum absolute atomic E-state index is 13.3. The van der Waals surface area contributed by atoms with Gasteiger partial charge in [0.1, 0.15) is 17.7 Å². The first-order valence-electron chi connectivity index (χ1n) is 9.87. The summed E-state index contributed by atoms with van der Waals surface area (Å²) in [5.74, 6) is -0.596. The molecule has 1 amide bonds. The molecule has 0 saturated heterocycles. The Morgan fingerprint density at radius 2 is 1.97 bits per heavy atom. The Morgan fingerprint density at radius 1 is 1.21 bits per heavy atom. The van der Waals surface area contributed by atoms with Crippen molar-refractivity contribution in [2.75, 3.05) is 22.8 Å². The summed E-state index contributed by atoms with van der Waals surface area (Å²) in [6, 6.07) is 14.2. The van der Waals surface area contributed by atoms with Crippen molar-refractivity contribution in [3.05, 3.63) is 77.1 Å². The molecule has 0 radical (unpaired) electrons. The summed E-state index contributed by atoms with van der Waals surface area (Å²) in [6.07, 6.45) is -0.820. The van der Waals surface area contributed by atoms with Crippen molar-refractivity contribution in [1.29, 1.82) is 0 Å². The lowest BCUT2D eigenvalue weighted by Crippen LogP contribution is -2.45. The van der Waals surface area contributed by atoms with Crippen molar-refractivity contribution >= 4 is 39.2 Å². The zero-order valence-corrected chi connectivity index (χ0v) is 18.7. The molecule has 1 aliphatic rings. The second kappa shape index (κ2) is 9.34. The minimum atomic E-state index is -4.09. The molecule has 2 aromatic carbocycles. The quantitative estimate of drug-likeness (QED) is 0.548. The Hall–Kier alpha value is -3.21. The summed E-state index contributed by atoms with van der Waals surface area (Å²) in [6.45, 7) is -0.588. The lowest BCUT2D eigenvalue weighted by molar-refractivity contribution is -0.115. The average Bonchev–Trinajstić information content (AvgIpc) is 2.79. The third-order valence-corrected chi connectivity index (χ3v) is 6.86. The summed E-state index contributed by atoms with van der Waals surface area (Å²) in [4.78, 5) is 16.7. The van der Waals surface area contributed by atoms with Crippen LogP contribution in [-0.4, -0.2) is 43.7 Å². The minimum Gasteiger partial charge on any atom is -0.482 e. The predicted octanol–water partition coefficient (Wildman–Crippen LogP) is 3.00. The number of hydrogen-bond acceptors (Lipinski definition) is 6. The van der Waals surface area contributed by atoms with Crippen LogP contribution in [0.1, 0.15) is 5.56 Å². The summed E-state index contributed by atoms with van der Waals surface area (Å²) < 4.78 is 46.4. The van der Waals surface area contributed by atoms with Crippen LogP contribution in [0.3, 0.4) is 0 Å². The number of benzene rings is 2. The Bertz CT molecular complexity index is 1290. The molecule has 172 valence electrons. The average molecular weight is 492 g/mol. The van der Waals surface area contributed by atoms with Crippen LogP contribution >= 0.6 is 11.6 Å². The number of pyridine rings is 1. The van der Waals surface area contributed by atoms with E-state index in [1.165, 1.54) is 54.6 Å². The van der Waals surface area contributed by atoms with Crippen molar-refractivity contribution in [3.63, 3.8) is 0 Å². The first-order chi connectivity index (χ1) is 15.8. The van der Waals surface area contributed by atoms with Crippen LogP contribution in [0.25, 0.3) is 0 Å². The molecule has 0 saturated carbocycles. The van der Waals surface area contributed by atoms with E-state index >= 15 is 0 Å². The van der Waals surface area contributed by atoms with Gasteiger partial charge in [0.05, 0.1) is 24.5 Å². The number of amides is 1. The number of aromatic nitrogens is 1. The molecule has 0 spiro atoms. The number of carbonyl (C=O) groups is 1. The molecular weight excluding hydrogens is 473 g/mol. The number of aliphatic hydroxyl groups excluding tert-OH is 1.